The minimum atomic E-state index is -0.386. The molecule has 0 atom stereocenters. The molecule has 0 spiro atoms. The first-order valence-corrected chi connectivity index (χ1v) is 10.5. The molecule has 0 bridgehead atoms. The lowest BCUT2D eigenvalue weighted by Gasteiger charge is -2.32. The number of para-hydroxylation sites is 1. The third-order valence-corrected chi connectivity index (χ3v) is 6.88. The second kappa shape index (κ2) is 7.08. The van der Waals surface area contributed by atoms with Gasteiger partial charge in [-0.25, -0.2) is 4.98 Å². The van der Waals surface area contributed by atoms with Crippen LogP contribution in [0.2, 0.25) is 0 Å². The third kappa shape index (κ3) is 3.11. The summed E-state index contributed by atoms with van der Waals surface area (Å²) in [4.78, 5) is 45.3. The Bertz CT molecular complexity index is 1060. The Morgan fingerprint density at radius 3 is 2.24 bits per heavy atom. The van der Waals surface area contributed by atoms with E-state index in [0.717, 1.165) is 28.3 Å². The van der Waals surface area contributed by atoms with E-state index in [0.29, 0.717) is 30.1 Å². The molecule has 1 aromatic heterocycles. The largest absolute Gasteiger partial charge is 0.341 e. The summed E-state index contributed by atoms with van der Waals surface area (Å²) >= 11 is 1.72. The van der Waals surface area contributed by atoms with Crippen LogP contribution in [0.25, 0.3) is 10.2 Å². The van der Waals surface area contributed by atoms with E-state index in [2.05, 4.69) is 6.07 Å². The van der Waals surface area contributed by atoms with Crippen LogP contribution in [0.1, 0.15) is 44.5 Å². The van der Waals surface area contributed by atoms with Crippen LogP contribution < -0.4 is 0 Å². The highest BCUT2D eigenvalue weighted by Gasteiger charge is 2.37. The molecule has 6 nitrogen and oxygen atoms in total. The molecule has 2 aliphatic rings. The standard InChI is InChI=1S/C22H19N3O3S/c26-19(13-25-21(27)15-5-1-2-6-16(15)22(25)28)24-11-9-14(10-12-24)20-23-17-7-3-4-8-18(17)29-20/h1-8,14H,9-13H2. The summed E-state index contributed by atoms with van der Waals surface area (Å²) < 4.78 is 1.19. The second-order valence-electron chi connectivity index (χ2n) is 7.42. The number of carbonyl (C=O) groups is 3. The summed E-state index contributed by atoms with van der Waals surface area (Å²) in [5.41, 5.74) is 1.77. The maximum Gasteiger partial charge on any atom is 0.262 e. The summed E-state index contributed by atoms with van der Waals surface area (Å²) in [5, 5.41) is 1.12. The van der Waals surface area contributed by atoms with E-state index in [1.54, 1.807) is 40.5 Å². The SMILES string of the molecule is O=C(CN1C(=O)c2ccccc2C1=O)N1CCC(c2nc3ccccc3s2)CC1. The number of amides is 3. The maximum atomic E-state index is 12.7. The lowest BCUT2D eigenvalue weighted by atomic mass is 9.97. The van der Waals surface area contributed by atoms with Crippen LogP contribution in [0.15, 0.2) is 48.5 Å². The lowest BCUT2D eigenvalue weighted by Crippen LogP contribution is -2.45. The van der Waals surface area contributed by atoms with Gasteiger partial charge in [0.15, 0.2) is 0 Å². The molecule has 0 N–H and O–H groups in total. The van der Waals surface area contributed by atoms with Gasteiger partial charge < -0.3 is 4.90 Å². The van der Waals surface area contributed by atoms with E-state index < -0.39 is 0 Å². The first-order valence-electron chi connectivity index (χ1n) is 9.70. The summed E-state index contributed by atoms with van der Waals surface area (Å²) in [7, 11) is 0. The summed E-state index contributed by atoms with van der Waals surface area (Å²) in [6.07, 6.45) is 1.68. The van der Waals surface area contributed by atoms with Crippen LogP contribution in [0.4, 0.5) is 0 Å². The number of thiazole rings is 1. The Balaban J connectivity index is 1.23. The van der Waals surface area contributed by atoms with E-state index in [-0.39, 0.29) is 24.3 Å². The molecule has 1 fully saturated rings. The van der Waals surface area contributed by atoms with E-state index in [4.69, 9.17) is 4.98 Å². The molecule has 3 amide bonds. The molecule has 3 aromatic rings. The van der Waals surface area contributed by atoms with E-state index in [9.17, 15) is 14.4 Å². The molecule has 0 saturated carbocycles. The number of benzene rings is 2. The Morgan fingerprint density at radius 2 is 1.59 bits per heavy atom. The molecular weight excluding hydrogens is 386 g/mol. The van der Waals surface area contributed by atoms with Crippen LogP contribution >= 0.6 is 11.3 Å². The minimum Gasteiger partial charge on any atom is -0.341 e. The molecule has 1 saturated heterocycles. The van der Waals surface area contributed by atoms with Crippen molar-refractivity contribution >= 4 is 39.3 Å². The molecule has 2 aliphatic heterocycles. The number of fused-ring (bicyclic) bond motifs is 2. The minimum absolute atomic E-state index is 0.178. The predicted molar refractivity (Wildman–Crippen MR) is 110 cm³/mol. The van der Waals surface area contributed by atoms with E-state index >= 15 is 0 Å². The number of hydrogen-bond acceptors (Lipinski definition) is 5. The topological polar surface area (TPSA) is 70.6 Å². The van der Waals surface area contributed by atoms with Crippen LogP contribution in [0.5, 0.6) is 0 Å². The normalized spacial score (nSPS) is 17.2. The van der Waals surface area contributed by atoms with Crippen molar-refractivity contribution in [2.45, 2.75) is 18.8 Å². The van der Waals surface area contributed by atoms with Crippen LogP contribution in [0, 0.1) is 0 Å². The Kier molecular flexibility index (Phi) is 4.39. The highest BCUT2D eigenvalue weighted by atomic mass is 32.1. The number of aromatic nitrogens is 1. The van der Waals surface area contributed by atoms with Crippen molar-refractivity contribution in [1.82, 2.24) is 14.8 Å². The van der Waals surface area contributed by atoms with Gasteiger partial charge in [-0.15, -0.1) is 11.3 Å². The quantitative estimate of drug-likeness (QED) is 0.627. The van der Waals surface area contributed by atoms with Crippen LogP contribution in [-0.2, 0) is 4.79 Å². The molecule has 29 heavy (non-hydrogen) atoms. The highest BCUT2D eigenvalue weighted by Crippen LogP contribution is 2.34. The van der Waals surface area contributed by atoms with Crippen molar-refractivity contribution in [3.05, 3.63) is 64.7 Å². The number of likely N-dealkylation sites (tertiary alicyclic amines) is 1. The fourth-order valence-electron chi connectivity index (χ4n) is 4.06. The monoisotopic (exact) mass is 405 g/mol. The lowest BCUT2D eigenvalue weighted by molar-refractivity contribution is -0.132. The zero-order chi connectivity index (χ0) is 20.0. The number of piperidine rings is 1. The molecule has 0 aliphatic carbocycles. The smallest absolute Gasteiger partial charge is 0.262 e. The number of rotatable bonds is 3. The number of imide groups is 1. The molecule has 0 radical (unpaired) electrons. The number of nitrogens with zero attached hydrogens (tertiary/aromatic N) is 3. The first kappa shape index (κ1) is 18.0. The average Bonchev–Trinajstić information content (AvgIpc) is 3.29. The maximum absolute atomic E-state index is 12.7. The van der Waals surface area contributed by atoms with Gasteiger partial charge >= 0.3 is 0 Å². The highest BCUT2D eigenvalue weighted by molar-refractivity contribution is 7.18. The van der Waals surface area contributed by atoms with Gasteiger partial charge in [0.05, 0.1) is 26.4 Å². The molecular formula is C22H19N3O3S. The van der Waals surface area contributed by atoms with Gasteiger partial charge in [0.25, 0.3) is 11.8 Å². The summed E-state index contributed by atoms with van der Waals surface area (Å²) in [5.74, 6) is -0.607. The van der Waals surface area contributed by atoms with Gasteiger partial charge in [-0.05, 0) is 37.1 Å². The fraction of sp³-hybridized carbons (Fsp3) is 0.273. The van der Waals surface area contributed by atoms with Crippen LogP contribution in [0.3, 0.4) is 0 Å². The van der Waals surface area contributed by atoms with Gasteiger partial charge in [0.2, 0.25) is 5.91 Å². The molecule has 3 heterocycles. The molecule has 7 heteroatoms. The molecule has 5 rings (SSSR count). The summed E-state index contributed by atoms with van der Waals surface area (Å²) in [6, 6.07) is 14.8. The van der Waals surface area contributed by atoms with Crippen molar-refractivity contribution in [2.24, 2.45) is 0 Å². The average molecular weight is 405 g/mol. The first-order chi connectivity index (χ1) is 14.1. The Labute approximate surface area is 171 Å². The van der Waals surface area contributed by atoms with Gasteiger partial charge in [-0.2, -0.15) is 0 Å². The number of carbonyl (C=O) groups excluding carboxylic acids is 3. The third-order valence-electron chi connectivity index (χ3n) is 5.68. The second-order valence-corrected chi connectivity index (χ2v) is 8.48. The van der Waals surface area contributed by atoms with Gasteiger partial charge in [0.1, 0.15) is 6.54 Å². The Morgan fingerprint density at radius 1 is 0.966 bits per heavy atom. The van der Waals surface area contributed by atoms with Crippen molar-refractivity contribution in [2.75, 3.05) is 19.6 Å². The predicted octanol–water partition coefficient (Wildman–Crippen LogP) is 3.30. The van der Waals surface area contributed by atoms with Gasteiger partial charge in [0, 0.05) is 19.0 Å². The zero-order valence-electron chi connectivity index (χ0n) is 15.7. The van der Waals surface area contributed by atoms with Gasteiger partial charge in [-0.1, -0.05) is 24.3 Å². The van der Waals surface area contributed by atoms with E-state index in [1.807, 2.05) is 18.2 Å². The zero-order valence-corrected chi connectivity index (χ0v) is 16.5. The van der Waals surface area contributed by atoms with Gasteiger partial charge in [-0.3, -0.25) is 19.3 Å². The fourth-order valence-corrected chi connectivity index (χ4v) is 5.20. The van der Waals surface area contributed by atoms with Crippen molar-refractivity contribution in [3.8, 4) is 0 Å². The van der Waals surface area contributed by atoms with Crippen molar-refractivity contribution < 1.29 is 14.4 Å². The van der Waals surface area contributed by atoms with E-state index in [1.165, 1.54) is 4.70 Å². The number of hydrogen-bond donors (Lipinski definition) is 0. The van der Waals surface area contributed by atoms with Crippen molar-refractivity contribution in [3.63, 3.8) is 0 Å². The molecule has 2 aromatic carbocycles. The molecule has 146 valence electrons. The molecule has 0 unspecified atom stereocenters. The van der Waals surface area contributed by atoms with Crippen LogP contribution in [-0.4, -0.2) is 52.1 Å². The van der Waals surface area contributed by atoms with Crippen molar-refractivity contribution in [1.29, 1.82) is 0 Å². The Hall–Kier alpha value is -3.06. The summed E-state index contributed by atoms with van der Waals surface area (Å²) in [6.45, 7) is 1.03.